The van der Waals surface area contributed by atoms with E-state index >= 15 is 0 Å². The normalized spacial score (nSPS) is 17.2. The van der Waals surface area contributed by atoms with Crippen molar-refractivity contribution in [3.05, 3.63) is 28.1 Å². The molecule has 1 unspecified atom stereocenters. The Morgan fingerprint density at radius 3 is 2.79 bits per heavy atom. The van der Waals surface area contributed by atoms with Crippen LogP contribution in [0.3, 0.4) is 0 Å². The lowest BCUT2D eigenvalue weighted by molar-refractivity contribution is 0.0544. The predicted octanol–water partition coefficient (Wildman–Crippen LogP) is 3.16. The van der Waals surface area contributed by atoms with Crippen LogP contribution in [-0.2, 0) is 0 Å². The van der Waals surface area contributed by atoms with E-state index in [0.29, 0.717) is 22.7 Å². The molecule has 2 rings (SSSR count). The Kier molecular flexibility index (Phi) is 5.89. The lowest BCUT2D eigenvalue weighted by Crippen LogP contribution is -2.45. The van der Waals surface area contributed by atoms with Crippen LogP contribution in [0.2, 0.25) is 0 Å². The van der Waals surface area contributed by atoms with E-state index in [1.54, 1.807) is 18.0 Å². The summed E-state index contributed by atoms with van der Waals surface area (Å²) in [6.07, 6.45) is 2.06. The molecule has 0 radical (unpaired) electrons. The molecular weight excluding hydrogens is 310 g/mol. The Labute approximate surface area is 141 Å². The minimum atomic E-state index is -0.189. The van der Waals surface area contributed by atoms with Crippen LogP contribution < -0.4 is 9.47 Å². The summed E-state index contributed by atoms with van der Waals surface area (Å²) in [4.78, 5) is 19.8. The van der Waals surface area contributed by atoms with Crippen LogP contribution in [0.4, 0.5) is 5.69 Å². The van der Waals surface area contributed by atoms with Crippen molar-refractivity contribution in [2.45, 2.75) is 25.9 Å². The van der Waals surface area contributed by atoms with Crippen LogP contribution >= 0.6 is 0 Å². The van der Waals surface area contributed by atoms with Crippen molar-refractivity contribution in [1.29, 1.82) is 0 Å². The minimum Gasteiger partial charge on any atom is -0.493 e. The third-order valence-electron chi connectivity index (χ3n) is 4.36. The van der Waals surface area contributed by atoms with Gasteiger partial charge in [-0.05, 0) is 37.1 Å². The number of benzene rings is 1. The zero-order chi connectivity index (χ0) is 17.7. The Balaban J connectivity index is 2.43. The molecule has 24 heavy (non-hydrogen) atoms. The second-order valence-electron chi connectivity index (χ2n) is 5.59. The molecule has 0 bridgehead atoms. The maximum atomic E-state index is 13.0. The maximum Gasteiger partial charge on any atom is 0.258 e. The van der Waals surface area contributed by atoms with Gasteiger partial charge in [0.1, 0.15) is 0 Å². The molecule has 1 fully saturated rings. The van der Waals surface area contributed by atoms with Crippen LogP contribution in [0.15, 0.2) is 17.2 Å². The van der Waals surface area contributed by atoms with E-state index in [9.17, 15) is 4.79 Å². The van der Waals surface area contributed by atoms with Crippen LogP contribution in [0.1, 0.15) is 30.1 Å². The minimum absolute atomic E-state index is 0.0568. The first kappa shape index (κ1) is 17.9. The molecule has 8 nitrogen and oxygen atoms in total. The number of ether oxygens (including phenoxy) is 2. The van der Waals surface area contributed by atoms with Gasteiger partial charge in [0.15, 0.2) is 11.5 Å². The molecule has 8 heteroatoms. The first-order chi connectivity index (χ1) is 11.6. The Bertz CT molecular complexity index is 657. The Morgan fingerprint density at radius 1 is 1.46 bits per heavy atom. The lowest BCUT2D eigenvalue weighted by atomic mass is 10.1. The first-order valence-electron chi connectivity index (χ1n) is 7.89. The largest absolute Gasteiger partial charge is 0.493 e. The van der Waals surface area contributed by atoms with Gasteiger partial charge in [-0.15, -0.1) is 0 Å². The van der Waals surface area contributed by atoms with Gasteiger partial charge in [0.2, 0.25) is 0 Å². The summed E-state index contributed by atoms with van der Waals surface area (Å²) in [6, 6.07) is 3.08. The number of azide groups is 1. The number of amides is 1. The highest BCUT2D eigenvalue weighted by Gasteiger charge is 2.31. The lowest BCUT2D eigenvalue weighted by Gasteiger charge is -2.32. The van der Waals surface area contributed by atoms with Gasteiger partial charge in [-0.2, -0.15) is 0 Å². The van der Waals surface area contributed by atoms with E-state index in [1.165, 1.54) is 20.3 Å². The summed E-state index contributed by atoms with van der Waals surface area (Å²) in [5.41, 5.74) is 9.31. The van der Waals surface area contributed by atoms with Gasteiger partial charge in [-0.3, -0.25) is 9.69 Å². The van der Waals surface area contributed by atoms with Crippen molar-refractivity contribution in [2.24, 2.45) is 5.11 Å². The summed E-state index contributed by atoms with van der Waals surface area (Å²) in [5, 5.41) is 3.59. The van der Waals surface area contributed by atoms with E-state index in [0.717, 1.165) is 25.9 Å². The molecule has 1 aliphatic heterocycles. The van der Waals surface area contributed by atoms with Gasteiger partial charge >= 0.3 is 0 Å². The highest BCUT2D eigenvalue weighted by atomic mass is 16.5. The molecule has 1 saturated heterocycles. The van der Waals surface area contributed by atoms with Crippen molar-refractivity contribution in [1.82, 2.24) is 9.80 Å². The number of methoxy groups -OCH3 is 2. The van der Waals surface area contributed by atoms with E-state index < -0.39 is 0 Å². The third kappa shape index (κ3) is 3.39. The van der Waals surface area contributed by atoms with Crippen LogP contribution in [-0.4, -0.2) is 56.2 Å². The van der Waals surface area contributed by atoms with Crippen LogP contribution in [0, 0.1) is 0 Å². The molecule has 1 amide bonds. The predicted molar refractivity (Wildman–Crippen MR) is 90.7 cm³/mol. The number of nitrogens with zero attached hydrogens (tertiary/aromatic N) is 5. The molecule has 0 aliphatic carbocycles. The van der Waals surface area contributed by atoms with Crippen LogP contribution in [0.25, 0.3) is 10.4 Å². The van der Waals surface area contributed by atoms with Crippen molar-refractivity contribution in [2.75, 3.05) is 34.4 Å². The second kappa shape index (κ2) is 7.90. The molecule has 1 heterocycles. The fourth-order valence-electron chi connectivity index (χ4n) is 3.16. The Morgan fingerprint density at radius 2 is 2.21 bits per heavy atom. The average Bonchev–Trinajstić information content (AvgIpc) is 3.08. The summed E-state index contributed by atoms with van der Waals surface area (Å²) < 4.78 is 10.6. The smallest absolute Gasteiger partial charge is 0.258 e. The van der Waals surface area contributed by atoms with Gasteiger partial charge in [0.25, 0.3) is 5.91 Å². The zero-order valence-electron chi connectivity index (χ0n) is 14.5. The molecule has 0 aromatic heterocycles. The number of carbonyl (C=O) groups is 1. The topological polar surface area (TPSA) is 90.8 Å². The SMILES string of the molecule is CCN1CCCC1N(C)C(=O)c1cc(N=[N+]=[N-])cc(OC)c1OC. The van der Waals surface area contributed by atoms with E-state index in [4.69, 9.17) is 15.0 Å². The number of hydrogen-bond acceptors (Lipinski definition) is 5. The summed E-state index contributed by atoms with van der Waals surface area (Å²) in [6.45, 7) is 3.96. The van der Waals surface area contributed by atoms with E-state index in [1.807, 2.05) is 0 Å². The fraction of sp³-hybridized carbons (Fsp3) is 0.562. The number of rotatable bonds is 6. The van der Waals surface area contributed by atoms with Gasteiger partial charge < -0.3 is 14.4 Å². The van der Waals surface area contributed by atoms with Gasteiger partial charge in [-0.1, -0.05) is 12.0 Å². The number of hydrogen-bond donors (Lipinski definition) is 0. The molecule has 1 aliphatic rings. The maximum absolute atomic E-state index is 13.0. The molecule has 0 spiro atoms. The standard InChI is InChI=1S/C16H23N5O3/c1-5-21-8-6-7-14(21)20(2)16(22)12-9-11(18-19-17)10-13(23-3)15(12)24-4/h9-10,14H,5-8H2,1-4H3. The van der Waals surface area contributed by atoms with E-state index in [2.05, 4.69) is 21.8 Å². The number of carbonyl (C=O) groups excluding carboxylic acids is 1. The van der Waals surface area contributed by atoms with Gasteiger partial charge in [0, 0.05) is 24.2 Å². The Hall–Kier alpha value is -2.44. The molecule has 1 aromatic rings. The number of likely N-dealkylation sites (tertiary alicyclic amines) is 1. The summed E-state index contributed by atoms with van der Waals surface area (Å²) in [5.74, 6) is 0.510. The molecule has 0 saturated carbocycles. The molecule has 1 aromatic carbocycles. The second-order valence-corrected chi connectivity index (χ2v) is 5.59. The summed E-state index contributed by atoms with van der Waals surface area (Å²) in [7, 11) is 4.74. The zero-order valence-corrected chi connectivity index (χ0v) is 14.5. The average molecular weight is 333 g/mol. The van der Waals surface area contributed by atoms with Gasteiger partial charge in [0.05, 0.1) is 25.9 Å². The molecule has 1 atom stereocenters. The first-order valence-corrected chi connectivity index (χ1v) is 7.89. The van der Waals surface area contributed by atoms with Crippen LogP contribution in [0.5, 0.6) is 11.5 Å². The molecule has 130 valence electrons. The van der Waals surface area contributed by atoms with Crippen molar-refractivity contribution < 1.29 is 14.3 Å². The van der Waals surface area contributed by atoms with Gasteiger partial charge in [-0.25, -0.2) is 0 Å². The highest BCUT2D eigenvalue weighted by molar-refractivity contribution is 5.99. The monoisotopic (exact) mass is 333 g/mol. The van der Waals surface area contributed by atoms with Crippen molar-refractivity contribution >= 4 is 11.6 Å². The quantitative estimate of drug-likeness (QED) is 0.454. The van der Waals surface area contributed by atoms with E-state index in [-0.39, 0.29) is 12.1 Å². The molecular formula is C16H23N5O3. The summed E-state index contributed by atoms with van der Waals surface area (Å²) >= 11 is 0. The highest BCUT2D eigenvalue weighted by Crippen LogP contribution is 2.37. The third-order valence-corrected chi connectivity index (χ3v) is 4.36. The fourth-order valence-corrected chi connectivity index (χ4v) is 3.16. The van der Waals surface area contributed by atoms with Crippen molar-refractivity contribution in [3.8, 4) is 11.5 Å². The van der Waals surface area contributed by atoms with Crippen molar-refractivity contribution in [3.63, 3.8) is 0 Å². The molecule has 0 N–H and O–H groups in total.